The average Bonchev–Trinajstić information content (AvgIpc) is 3.59. The lowest BCUT2D eigenvalue weighted by atomic mass is 9.55. The van der Waals surface area contributed by atoms with Crippen LogP contribution in [0.1, 0.15) is 47.2 Å². The fraction of sp³-hybridized carbons (Fsp3) is 0.0690. The van der Waals surface area contributed by atoms with Crippen LogP contribution in [0.4, 0.5) is 34.1 Å². The van der Waals surface area contributed by atoms with E-state index in [0.29, 0.717) is 0 Å². The largest absolute Gasteiger partial charge is 0.310 e. The molecule has 0 saturated heterocycles. The molecule has 2 aliphatic carbocycles. The van der Waals surface area contributed by atoms with Gasteiger partial charge >= 0.3 is 0 Å². The Bertz CT molecular complexity index is 2920. The summed E-state index contributed by atoms with van der Waals surface area (Å²) in [6.07, 6.45) is 0. The molecule has 0 saturated carbocycles. The third-order valence-corrected chi connectivity index (χ3v) is 12.9. The smallest absolute Gasteiger partial charge is 0.0721 e. The molecule has 0 fully saturated rings. The molecule has 0 atom stereocenters. The van der Waals surface area contributed by atoms with Crippen LogP contribution in [0.3, 0.4) is 0 Å². The van der Waals surface area contributed by atoms with Crippen molar-refractivity contribution in [1.29, 1.82) is 0 Å². The number of hydrogen-bond acceptors (Lipinski definition) is 2. The molecule has 1 spiro atoms. The van der Waals surface area contributed by atoms with E-state index in [2.05, 4.69) is 254 Å². The summed E-state index contributed by atoms with van der Waals surface area (Å²) in [4.78, 5) is 4.82. The summed E-state index contributed by atoms with van der Waals surface area (Å²) in [7, 11) is 0. The Morgan fingerprint density at radius 2 is 0.617 bits per heavy atom. The molecule has 0 unspecified atom stereocenters. The van der Waals surface area contributed by atoms with Gasteiger partial charge in [0.1, 0.15) is 0 Å². The summed E-state index contributed by atoms with van der Waals surface area (Å²) in [6, 6.07) is 84.7. The Morgan fingerprint density at radius 1 is 0.267 bits per heavy atom. The topological polar surface area (TPSA) is 6.48 Å². The number of nitrogens with zero attached hydrogens (tertiary/aromatic N) is 2. The van der Waals surface area contributed by atoms with Gasteiger partial charge in [-0.25, -0.2) is 0 Å². The van der Waals surface area contributed by atoms with Crippen molar-refractivity contribution in [3.63, 3.8) is 0 Å². The first-order valence-corrected chi connectivity index (χ1v) is 20.9. The summed E-state index contributed by atoms with van der Waals surface area (Å²) >= 11 is 0. The van der Waals surface area contributed by atoms with Crippen molar-refractivity contribution in [2.24, 2.45) is 0 Å². The zero-order valence-corrected chi connectivity index (χ0v) is 33.8. The van der Waals surface area contributed by atoms with Gasteiger partial charge in [0.15, 0.2) is 0 Å². The van der Waals surface area contributed by atoms with Gasteiger partial charge in [-0.2, -0.15) is 0 Å². The Morgan fingerprint density at radius 3 is 1.08 bits per heavy atom. The van der Waals surface area contributed by atoms with Crippen LogP contribution < -0.4 is 9.80 Å². The Kier molecular flexibility index (Phi) is 8.42. The van der Waals surface area contributed by atoms with Crippen molar-refractivity contribution >= 4 is 34.1 Å². The van der Waals surface area contributed by atoms with E-state index < -0.39 is 5.41 Å². The van der Waals surface area contributed by atoms with Gasteiger partial charge in [-0.05, 0) is 128 Å². The summed E-state index contributed by atoms with van der Waals surface area (Å²) in [5.41, 5.74) is 18.8. The molecular formula is C58H44N2. The lowest BCUT2D eigenvalue weighted by Crippen LogP contribution is -2.40. The van der Waals surface area contributed by atoms with Gasteiger partial charge in [0.2, 0.25) is 0 Å². The monoisotopic (exact) mass is 768 g/mol. The number of hydrogen-bond donors (Lipinski definition) is 0. The third kappa shape index (κ3) is 5.48. The second-order valence-corrected chi connectivity index (χ2v) is 16.5. The van der Waals surface area contributed by atoms with Gasteiger partial charge < -0.3 is 9.80 Å². The molecule has 9 aromatic rings. The van der Waals surface area contributed by atoms with E-state index in [-0.39, 0.29) is 5.41 Å². The molecule has 0 heterocycles. The van der Waals surface area contributed by atoms with Crippen LogP contribution in [-0.4, -0.2) is 0 Å². The highest BCUT2D eigenvalue weighted by Gasteiger charge is 2.53. The van der Waals surface area contributed by atoms with Crippen LogP contribution in [0.25, 0.3) is 22.3 Å². The van der Waals surface area contributed by atoms with Crippen LogP contribution in [0.15, 0.2) is 231 Å². The minimum absolute atomic E-state index is 0.204. The van der Waals surface area contributed by atoms with E-state index in [1.807, 2.05) is 0 Å². The Balaban J connectivity index is 1.20. The maximum Gasteiger partial charge on any atom is 0.0721 e. The van der Waals surface area contributed by atoms with E-state index in [9.17, 15) is 0 Å². The zero-order valence-electron chi connectivity index (χ0n) is 33.8. The fourth-order valence-electron chi connectivity index (χ4n) is 10.2. The third-order valence-electron chi connectivity index (χ3n) is 12.9. The molecule has 9 aromatic carbocycles. The summed E-state index contributed by atoms with van der Waals surface area (Å²) < 4.78 is 0. The maximum atomic E-state index is 2.50. The number of fused-ring (bicyclic) bond motifs is 9. The first kappa shape index (κ1) is 35.7. The molecule has 2 nitrogen and oxygen atoms in total. The van der Waals surface area contributed by atoms with Crippen molar-refractivity contribution in [2.45, 2.75) is 24.7 Å². The summed E-state index contributed by atoms with van der Waals surface area (Å²) in [6.45, 7) is 4.79. The zero-order chi connectivity index (χ0) is 40.3. The van der Waals surface area contributed by atoms with Crippen molar-refractivity contribution in [1.82, 2.24) is 0 Å². The minimum Gasteiger partial charge on any atom is -0.310 e. The van der Waals surface area contributed by atoms with Crippen molar-refractivity contribution < 1.29 is 0 Å². The van der Waals surface area contributed by atoms with E-state index in [0.717, 1.165) is 34.1 Å². The first-order valence-electron chi connectivity index (χ1n) is 20.9. The highest BCUT2D eigenvalue weighted by Crippen LogP contribution is 2.63. The summed E-state index contributed by atoms with van der Waals surface area (Å²) in [5, 5.41) is 0. The van der Waals surface area contributed by atoms with Crippen molar-refractivity contribution in [2.75, 3.05) is 9.80 Å². The average molecular weight is 769 g/mol. The normalized spacial score (nSPS) is 13.8. The second kappa shape index (κ2) is 14.1. The van der Waals surface area contributed by atoms with Gasteiger partial charge in [-0.15, -0.1) is 0 Å². The molecule has 0 aliphatic heterocycles. The minimum atomic E-state index is -0.591. The predicted octanol–water partition coefficient (Wildman–Crippen LogP) is 15.3. The quantitative estimate of drug-likeness (QED) is 0.159. The standard InChI is InChI=1S/C58H44N2/c1-57(2)51-30-15-17-32-53(51)58(54-33-18-16-31-52(54)57)55-39-47(59(43-23-9-4-10-24-43)44-25-11-5-12-26-44)34-36-49(55)50-37-35-48(40-56(50)58)60(45-27-13-6-14-28-45)46-29-19-22-42(38-46)41-20-7-3-8-21-41/h3-40H,1-2H3. The van der Waals surface area contributed by atoms with E-state index in [1.165, 1.54) is 55.6 Å². The fourth-order valence-corrected chi connectivity index (χ4v) is 10.2. The molecule has 0 radical (unpaired) electrons. The highest BCUT2D eigenvalue weighted by molar-refractivity contribution is 5.93. The molecule has 0 bridgehead atoms. The van der Waals surface area contributed by atoms with E-state index in [4.69, 9.17) is 0 Å². The van der Waals surface area contributed by atoms with Crippen LogP contribution in [0.2, 0.25) is 0 Å². The second-order valence-electron chi connectivity index (χ2n) is 16.5. The molecule has 2 aliphatic rings. The number of para-hydroxylation sites is 3. The van der Waals surface area contributed by atoms with Gasteiger partial charge in [0.05, 0.1) is 5.41 Å². The molecule has 60 heavy (non-hydrogen) atoms. The van der Waals surface area contributed by atoms with Crippen molar-refractivity contribution in [3.05, 3.63) is 264 Å². The molecule has 11 rings (SSSR count). The molecule has 0 aromatic heterocycles. The van der Waals surface area contributed by atoms with Crippen LogP contribution in [0.5, 0.6) is 0 Å². The van der Waals surface area contributed by atoms with Gasteiger partial charge in [-0.1, -0.05) is 172 Å². The van der Waals surface area contributed by atoms with Crippen LogP contribution >= 0.6 is 0 Å². The lowest BCUT2D eigenvalue weighted by molar-refractivity contribution is 0.563. The number of benzene rings is 9. The van der Waals surface area contributed by atoms with E-state index >= 15 is 0 Å². The number of anilines is 6. The highest BCUT2D eigenvalue weighted by atomic mass is 15.1. The van der Waals surface area contributed by atoms with Gasteiger partial charge in [0.25, 0.3) is 0 Å². The predicted molar refractivity (Wildman–Crippen MR) is 251 cm³/mol. The van der Waals surface area contributed by atoms with E-state index in [1.54, 1.807) is 0 Å². The molecule has 2 heteroatoms. The maximum absolute atomic E-state index is 2.50. The first-order chi connectivity index (χ1) is 29.5. The van der Waals surface area contributed by atoms with Crippen LogP contribution in [-0.2, 0) is 10.8 Å². The Labute approximate surface area is 353 Å². The van der Waals surface area contributed by atoms with Crippen molar-refractivity contribution in [3.8, 4) is 22.3 Å². The van der Waals surface area contributed by atoms with Gasteiger partial charge in [-0.3, -0.25) is 0 Å². The molecule has 0 amide bonds. The number of rotatable bonds is 7. The Hall–Kier alpha value is -7.42. The summed E-state index contributed by atoms with van der Waals surface area (Å²) in [5.74, 6) is 0. The van der Waals surface area contributed by atoms with Gasteiger partial charge in [0, 0.05) is 39.5 Å². The van der Waals surface area contributed by atoms with Crippen LogP contribution in [0, 0.1) is 0 Å². The SMILES string of the molecule is CC1(C)c2ccccc2C2(c3cc(N(c4ccccc4)c4ccccc4)ccc3-c3ccc(N(c4ccccc4)c4cccc(-c5ccccc5)c4)cc32)c2ccccc21. The molecule has 286 valence electrons. The molecule has 0 N–H and O–H groups in total. The lowest BCUT2D eigenvalue weighted by Gasteiger charge is -2.47. The molecular weight excluding hydrogens is 725 g/mol.